The van der Waals surface area contributed by atoms with E-state index < -0.39 is 0 Å². The molecule has 1 saturated heterocycles. The van der Waals surface area contributed by atoms with Crippen LogP contribution in [0.25, 0.3) is 0 Å². The van der Waals surface area contributed by atoms with Crippen LogP contribution in [0.3, 0.4) is 0 Å². The van der Waals surface area contributed by atoms with Crippen molar-refractivity contribution in [1.29, 1.82) is 0 Å². The summed E-state index contributed by atoms with van der Waals surface area (Å²) in [5.41, 5.74) is 1.73. The molecule has 1 fully saturated rings. The molecule has 0 N–H and O–H groups in total. The maximum Gasteiger partial charge on any atom is 0.232 e. The van der Waals surface area contributed by atoms with E-state index in [1.54, 1.807) is 11.8 Å². The van der Waals surface area contributed by atoms with Crippen molar-refractivity contribution >= 4 is 11.7 Å². The van der Waals surface area contributed by atoms with E-state index in [1.165, 1.54) is 0 Å². The Kier molecular flexibility index (Phi) is 2.44. The maximum absolute atomic E-state index is 12.0. The van der Waals surface area contributed by atoms with Crippen LogP contribution in [0.15, 0.2) is 11.3 Å². The van der Waals surface area contributed by atoms with E-state index in [4.69, 9.17) is 0 Å². The van der Waals surface area contributed by atoms with Crippen LogP contribution in [-0.2, 0) is 9.59 Å². The summed E-state index contributed by atoms with van der Waals surface area (Å²) in [6.45, 7) is 9.79. The molecule has 0 aromatic rings. The Labute approximate surface area is 96.5 Å². The van der Waals surface area contributed by atoms with Crippen LogP contribution < -0.4 is 0 Å². The average molecular weight is 221 g/mol. The topological polar surface area (TPSA) is 37.4 Å². The third-order valence-corrected chi connectivity index (χ3v) is 4.05. The first-order valence-corrected chi connectivity index (χ1v) is 5.92. The van der Waals surface area contributed by atoms with Crippen molar-refractivity contribution in [2.24, 2.45) is 17.8 Å². The summed E-state index contributed by atoms with van der Waals surface area (Å²) in [7, 11) is 0. The number of hydrogen-bond acceptors (Lipinski definition) is 2. The fraction of sp³-hybridized carbons (Fsp3) is 0.692. The van der Waals surface area contributed by atoms with Crippen LogP contribution in [0.5, 0.6) is 0 Å². The number of hydrogen-bond donors (Lipinski definition) is 0. The second-order valence-corrected chi connectivity index (χ2v) is 5.35. The molecule has 0 bridgehead atoms. The lowest BCUT2D eigenvalue weighted by Gasteiger charge is -2.47. The molecule has 2 aliphatic rings. The van der Waals surface area contributed by atoms with Crippen LogP contribution in [-0.4, -0.2) is 22.6 Å². The highest BCUT2D eigenvalue weighted by Gasteiger charge is 2.57. The van der Waals surface area contributed by atoms with Crippen molar-refractivity contribution in [3.63, 3.8) is 0 Å². The molecule has 2 heterocycles. The number of rotatable bonds is 2. The van der Waals surface area contributed by atoms with E-state index in [0.29, 0.717) is 17.5 Å². The highest BCUT2D eigenvalue weighted by Crippen LogP contribution is 2.48. The van der Waals surface area contributed by atoms with Gasteiger partial charge in [0.25, 0.3) is 0 Å². The predicted molar refractivity (Wildman–Crippen MR) is 61.5 cm³/mol. The molecule has 3 unspecified atom stereocenters. The van der Waals surface area contributed by atoms with Gasteiger partial charge in [0, 0.05) is 12.8 Å². The standard InChI is InChI=1S/C13H19NO2/c1-6(2)10-12-8(4)7(3)11(9(5)15)14(12)13(10)16/h6,8,10,12H,1-5H3. The Morgan fingerprint density at radius 3 is 2.38 bits per heavy atom. The molecule has 0 spiro atoms. The smallest absolute Gasteiger partial charge is 0.232 e. The van der Waals surface area contributed by atoms with Gasteiger partial charge in [0.1, 0.15) is 0 Å². The minimum Gasteiger partial charge on any atom is -0.304 e. The highest BCUT2D eigenvalue weighted by atomic mass is 16.2. The Morgan fingerprint density at radius 1 is 1.38 bits per heavy atom. The van der Waals surface area contributed by atoms with Gasteiger partial charge < -0.3 is 4.90 Å². The van der Waals surface area contributed by atoms with Gasteiger partial charge in [-0.15, -0.1) is 0 Å². The van der Waals surface area contributed by atoms with E-state index in [9.17, 15) is 9.59 Å². The summed E-state index contributed by atoms with van der Waals surface area (Å²) in [5.74, 6) is 0.928. The van der Waals surface area contributed by atoms with Gasteiger partial charge in [-0.05, 0) is 18.4 Å². The molecule has 16 heavy (non-hydrogen) atoms. The normalized spacial score (nSPS) is 33.2. The Hall–Kier alpha value is -1.12. The number of carbonyl (C=O) groups excluding carboxylic acids is 2. The minimum absolute atomic E-state index is 0.0161. The molecule has 1 amide bonds. The van der Waals surface area contributed by atoms with Gasteiger partial charge in [-0.1, -0.05) is 20.8 Å². The quantitative estimate of drug-likeness (QED) is 0.669. The molecule has 3 atom stereocenters. The van der Waals surface area contributed by atoms with Gasteiger partial charge in [0.05, 0.1) is 17.7 Å². The van der Waals surface area contributed by atoms with E-state index in [-0.39, 0.29) is 23.7 Å². The monoisotopic (exact) mass is 221 g/mol. The molecule has 0 radical (unpaired) electrons. The SMILES string of the molecule is CC(=O)C1=C(C)C(C)C2C(C(C)C)C(=O)N12. The van der Waals surface area contributed by atoms with E-state index in [2.05, 4.69) is 20.8 Å². The number of allylic oxidation sites excluding steroid dienone is 1. The van der Waals surface area contributed by atoms with Crippen molar-refractivity contribution in [3.05, 3.63) is 11.3 Å². The second-order valence-electron chi connectivity index (χ2n) is 5.35. The van der Waals surface area contributed by atoms with Gasteiger partial charge in [-0.3, -0.25) is 9.59 Å². The number of β-lactam (4-membered cyclic amide) rings is 1. The molecule has 2 aliphatic heterocycles. The van der Waals surface area contributed by atoms with Gasteiger partial charge in [-0.2, -0.15) is 0 Å². The third-order valence-electron chi connectivity index (χ3n) is 4.05. The number of Topliss-reactive ketones (excluding diaryl/α,β-unsaturated/α-hetero) is 1. The Morgan fingerprint density at radius 2 is 1.94 bits per heavy atom. The molecule has 0 aliphatic carbocycles. The molecule has 2 rings (SSSR count). The summed E-state index contributed by atoms with van der Waals surface area (Å²) < 4.78 is 0. The number of ketones is 1. The number of carbonyl (C=O) groups is 2. The van der Waals surface area contributed by atoms with Crippen molar-refractivity contribution in [2.75, 3.05) is 0 Å². The van der Waals surface area contributed by atoms with E-state index in [1.807, 2.05) is 6.92 Å². The molecule has 3 heteroatoms. The van der Waals surface area contributed by atoms with Crippen molar-refractivity contribution in [3.8, 4) is 0 Å². The fourth-order valence-electron chi connectivity index (χ4n) is 3.11. The molecule has 88 valence electrons. The molecular formula is C13H19NO2. The summed E-state index contributed by atoms with van der Waals surface area (Å²) in [6.07, 6.45) is 0. The van der Waals surface area contributed by atoms with Crippen LogP contribution >= 0.6 is 0 Å². The predicted octanol–water partition coefficient (Wildman–Crippen LogP) is 1.98. The molecule has 0 aromatic heterocycles. The Balaban J connectivity index is 2.36. The lowest BCUT2D eigenvalue weighted by atomic mass is 9.75. The molecule has 3 nitrogen and oxygen atoms in total. The van der Waals surface area contributed by atoms with Gasteiger partial charge in [-0.25, -0.2) is 0 Å². The molecule has 0 aromatic carbocycles. The van der Waals surface area contributed by atoms with Crippen molar-refractivity contribution in [2.45, 2.75) is 40.7 Å². The second kappa shape index (κ2) is 3.44. The number of fused-ring (bicyclic) bond motifs is 1. The van der Waals surface area contributed by atoms with Crippen molar-refractivity contribution in [1.82, 2.24) is 4.90 Å². The summed E-state index contributed by atoms with van der Waals surface area (Å²) >= 11 is 0. The first-order chi connectivity index (χ1) is 7.37. The van der Waals surface area contributed by atoms with Gasteiger partial charge in [0.2, 0.25) is 5.91 Å². The average Bonchev–Trinajstić information content (AvgIpc) is 2.38. The Bertz CT molecular complexity index is 395. The van der Waals surface area contributed by atoms with Crippen LogP contribution in [0.1, 0.15) is 34.6 Å². The summed E-state index contributed by atoms with van der Waals surface area (Å²) in [5, 5.41) is 0. The lowest BCUT2D eigenvalue weighted by Crippen LogP contribution is -2.61. The van der Waals surface area contributed by atoms with Crippen LogP contribution in [0.4, 0.5) is 0 Å². The lowest BCUT2D eigenvalue weighted by molar-refractivity contribution is -0.156. The fourth-order valence-corrected chi connectivity index (χ4v) is 3.11. The highest BCUT2D eigenvalue weighted by molar-refractivity contribution is 6.02. The van der Waals surface area contributed by atoms with Crippen LogP contribution in [0.2, 0.25) is 0 Å². The largest absolute Gasteiger partial charge is 0.304 e. The summed E-state index contributed by atoms with van der Waals surface area (Å²) in [6, 6.07) is 0.228. The van der Waals surface area contributed by atoms with E-state index >= 15 is 0 Å². The van der Waals surface area contributed by atoms with Crippen LogP contribution in [0, 0.1) is 17.8 Å². The first kappa shape index (κ1) is 11.4. The number of amides is 1. The third kappa shape index (κ3) is 1.20. The maximum atomic E-state index is 12.0. The zero-order valence-corrected chi connectivity index (χ0v) is 10.6. The zero-order chi connectivity index (χ0) is 12.2. The van der Waals surface area contributed by atoms with E-state index in [0.717, 1.165) is 5.57 Å². The number of nitrogens with zero attached hydrogens (tertiary/aromatic N) is 1. The molecular weight excluding hydrogens is 202 g/mol. The van der Waals surface area contributed by atoms with Gasteiger partial charge in [0.15, 0.2) is 5.78 Å². The van der Waals surface area contributed by atoms with Gasteiger partial charge >= 0.3 is 0 Å². The molecule has 0 saturated carbocycles. The minimum atomic E-state index is 0.0161. The van der Waals surface area contributed by atoms with Crippen molar-refractivity contribution < 1.29 is 9.59 Å². The summed E-state index contributed by atoms with van der Waals surface area (Å²) in [4.78, 5) is 25.3. The zero-order valence-electron chi connectivity index (χ0n) is 10.6. The first-order valence-electron chi connectivity index (χ1n) is 5.92.